The van der Waals surface area contributed by atoms with Gasteiger partial charge in [0.15, 0.2) is 0 Å². The number of carbonyl (C=O) groups is 2. The average molecular weight is 679 g/mol. The van der Waals surface area contributed by atoms with Crippen molar-refractivity contribution in [3.8, 4) is 0 Å². The van der Waals surface area contributed by atoms with Gasteiger partial charge in [-0.05, 0) is 75.2 Å². The Balaban J connectivity index is 2.02. The minimum Gasteiger partial charge on any atom is -0.352 e. The molecule has 0 bridgehead atoms. The highest BCUT2D eigenvalue weighted by molar-refractivity contribution is 9.10. The number of carbonyl (C=O) groups excluding carboxylic acids is 2. The molecule has 39 heavy (non-hydrogen) atoms. The molecule has 3 aromatic rings. The molecule has 0 spiro atoms. The number of rotatable bonds is 11. The molecule has 0 aliphatic carbocycles. The molecule has 0 unspecified atom stereocenters. The molecule has 0 aromatic heterocycles. The molecule has 7 nitrogen and oxygen atoms in total. The second-order valence-corrected chi connectivity index (χ2v) is 13.1. The first-order valence-corrected chi connectivity index (χ1v) is 15.6. The van der Waals surface area contributed by atoms with Gasteiger partial charge in [0.25, 0.3) is 10.0 Å². The van der Waals surface area contributed by atoms with Gasteiger partial charge in [0, 0.05) is 21.5 Å². The fourth-order valence-electron chi connectivity index (χ4n) is 3.83. The number of hydrogen-bond donors (Lipinski definition) is 1. The van der Waals surface area contributed by atoms with Crippen molar-refractivity contribution in [2.24, 2.45) is 0 Å². The van der Waals surface area contributed by atoms with Gasteiger partial charge in [0.05, 0.1) is 10.6 Å². The summed E-state index contributed by atoms with van der Waals surface area (Å²) in [5, 5.41) is 2.94. The molecule has 208 valence electrons. The van der Waals surface area contributed by atoms with E-state index in [1.165, 1.54) is 17.0 Å². The van der Waals surface area contributed by atoms with Gasteiger partial charge < -0.3 is 10.2 Å². The molecule has 2 amide bonds. The summed E-state index contributed by atoms with van der Waals surface area (Å²) in [6, 6.07) is 19.8. The minimum atomic E-state index is -4.11. The lowest BCUT2D eigenvalue weighted by molar-refractivity contribution is -0.139. The van der Waals surface area contributed by atoms with E-state index in [-0.39, 0.29) is 23.4 Å². The smallest absolute Gasteiger partial charge is 0.264 e. The number of hydrogen-bond acceptors (Lipinski definition) is 4. The van der Waals surface area contributed by atoms with E-state index in [9.17, 15) is 18.0 Å². The van der Waals surface area contributed by atoms with Gasteiger partial charge >= 0.3 is 0 Å². The predicted molar refractivity (Wildman–Crippen MR) is 162 cm³/mol. The van der Waals surface area contributed by atoms with Gasteiger partial charge in [-0.25, -0.2) is 8.42 Å². The maximum atomic E-state index is 13.9. The summed E-state index contributed by atoms with van der Waals surface area (Å²) in [5.74, 6) is -0.800. The van der Waals surface area contributed by atoms with Crippen molar-refractivity contribution in [2.75, 3.05) is 10.8 Å². The molecule has 0 aliphatic heterocycles. The topological polar surface area (TPSA) is 86.8 Å². The number of anilines is 1. The molecule has 10 heteroatoms. The van der Waals surface area contributed by atoms with Crippen LogP contribution >= 0.6 is 31.9 Å². The van der Waals surface area contributed by atoms with E-state index < -0.39 is 28.5 Å². The number of sulfonamides is 1. The molecule has 0 radical (unpaired) electrons. The van der Waals surface area contributed by atoms with E-state index in [1.807, 2.05) is 45.0 Å². The Hall–Kier alpha value is -2.69. The number of nitrogens with zero attached hydrogens (tertiary/aromatic N) is 2. The summed E-state index contributed by atoms with van der Waals surface area (Å²) in [5.41, 5.74) is 2.06. The third kappa shape index (κ3) is 8.16. The summed E-state index contributed by atoms with van der Waals surface area (Å²) in [6.45, 7) is 7.05. The van der Waals surface area contributed by atoms with Crippen LogP contribution in [-0.2, 0) is 26.2 Å². The Morgan fingerprint density at radius 3 is 2.15 bits per heavy atom. The SMILES string of the molecule is CC[C@@H](C)NC(=O)[C@@H](C)N(Cc1ccc(Br)cc1)C(=O)CN(c1cccc(Br)c1)S(=O)(=O)c1ccc(C)cc1. The van der Waals surface area contributed by atoms with Crippen molar-refractivity contribution in [2.45, 2.75) is 57.6 Å². The third-order valence-corrected chi connectivity index (χ3v) is 9.23. The number of amides is 2. The first kappa shape index (κ1) is 30.8. The lowest BCUT2D eigenvalue weighted by atomic mass is 10.1. The standard InChI is InChI=1S/C29H33Br2N3O4S/c1-5-21(3)32-29(36)22(4)33(18-23-11-13-24(30)14-12-23)28(35)19-34(26-8-6-7-25(31)17-26)39(37,38)27-15-9-20(2)10-16-27/h6-17,21-22H,5,18-19H2,1-4H3,(H,32,36)/t21-,22-/m1/s1. The van der Waals surface area contributed by atoms with Gasteiger partial charge in [0.2, 0.25) is 11.8 Å². The van der Waals surface area contributed by atoms with E-state index in [4.69, 9.17) is 0 Å². The summed E-state index contributed by atoms with van der Waals surface area (Å²) in [4.78, 5) is 28.5. The average Bonchev–Trinajstić information content (AvgIpc) is 2.90. The van der Waals surface area contributed by atoms with Crippen LogP contribution in [0.25, 0.3) is 0 Å². The molecule has 0 aliphatic rings. The molecular formula is C29H33Br2N3O4S. The van der Waals surface area contributed by atoms with Gasteiger partial charge in [-0.15, -0.1) is 0 Å². The molecule has 2 atom stereocenters. The van der Waals surface area contributed by atoms with Crippen molar-refractivity contribution in [1.29, 1.82) is 0 Å². The Kier molecular flexibility index (Phi) is 10.7. The van der Waals surface area contributed by atoms with Crippen LogP contribution in [0.2, 0.25) is 0 Å². The molecular weight excluding hydrogens is 646 g/mol. The lowest BCUT2D eigenvalue weighted by Crippen LogP contribution is -2.52. The molecule has 3 rings (SSSR count). The second kappa shape index (κ2) is 13.6. The molecule has 0 heterocycles. The fourth-order valence-corrected chi connectivity index (χ4v) is 5.89. The van der Waals surface area contributed by atoms with E-state index in [0.717, 1.165) is 26.3 Å². The third-order valence-electron chi connectivity index (χ3n) is 6.42. The summed E-state index contributed by atoms with van der Waals surface area (Å²) >= 11 is 6.83. The predicted octanol–water partition coefficient (Wildman–Crippen LogP) is 6.05. The molecule has 0 saturated heterocycles. The van der Waals surface area contributed by atoms with Crippen molar-refractivity contribution >= 4 is 59.4 Å². The van der Waals surface area contributed by atoms with Crippen LogP contribution in [0.5, 0.6) is 0 Å². The zero-order valence-electron chi connectivity index (χ0n) is 22.4. The first-order valence-electron chi connectivity index (χ1n) is 12.6. The van der Waals surface area contributed by atoms with E-state index >= 15 is 0 Å². The summed E-state index contributed by atoms with van der Waals surface area (Å²) in [7, 11) is -4.11. The van der Waals surface area contributed by atoms with Crippen molar-refractivity contribution in [1.82, 2.24) is 10.2 Å². The largest absolute Gasteiger partial charge is 0.352 e. The quantitative estimate of drug-likeness (QED) is 0.268. The number of benzene rings is 3. The van der Waals surface area contributed by atoms with Gasteiger partial charge in [-0.1, -0.05) is 74.7 Å². The van der Waals surface area contributed by atoms with Crippen LogP contribution in [0.1, 0.15) is 38.3 Å². The van der Waals surface area contributed by atoms with E-state index in [1.54, 1.807) is 43.3 Å². The molecule has 0 saturated carbocycles. The number of aryl methyl sites for hydroxylation is 1. The Morgan fingerprint density at radius 2 is 1.56 bits per heavy atom. The van der Waals surface area contributed by atoms with Crippen LogP contribution in [0.3, 0.4) is 0 Å². The maximum absolute atomic E-state index is 13.9. The van der Waals surface area contributed by atoms with Gasteiger partial charge in [0.1, 0.15) is 12.6 Å². The van der Waals surface area contributed by atoms with Crippen LogP contribution in [-0.4, -0.2) is 43.8 Å². The van der Waals surface area contributed by atoms with Crippen LogP contribution in [0.15, 0.2) is 86.6 Å². The molecule has 3 aromatic carbocycles. The second-order valence-electron chi connectivity index (χ2n) is 9.45. The van der Waals surface area contributed by atoms with E-state index in [2.05, 4.69) is 37.2 Å². The normalized spacial score (nSPS) is 12.9. The Labute approximate surface area is 247 Å². The highest BCUT2D eigenvalue weighted by Crippen LogP contribution is 2.27. The van der Waals surface area contributed by atoms with Crippen LogP contribution in [0, 0.1) is 6.92 Å². The van der Waals surface area contributed by atoms with Crippen LogP contribution < -0.4 is 9.62 Å². The maximum Gasteiger partial charge on any atom is 0.264 e. The highest BCUT2D eigenvalue weighted by Gasteiger charge is 2.32. The highest BCUT2D eigenvalue weighted by atomic mass is 79.9. The van der Waals surface area contributed by atoms with Crippen molar-refractivity contribution < 1.29 is 18.0 Å². The lowest BCUT2D eigenvalue weighted by Gasteiger charge is -2.32. The van der Waals surface area contributed by atoms with Crippen molar-refractivity contribution in [3.63, 3.8) is 0 Å². The first-order chi connectivity index (χ1) is 18.4. The van der Waals surface area contributed by atoms with E-state index in [0.29, 0.717) is 10.2 Å². The molecule has 1 N–H and O–H groups in total. The number of nitrogens with one attached hydrogen (secondary N) is 1. The fraction of sp³-hybridized carbons (Fsp3) is 0.310. The monoisotopic (exact) mass is 677 g/mol. The Morgan fingerprint density at radius 1 is 0.923 bits per heavy atom. The number of halogens is 2. The van der Waals surface area contributed by atoms with Crippen molar-refractivity contribution in [3.05, 3.63) is 92.9 Å². The summed E-state index contributed by atoms with van der Waals surface area (Å²) < 4.78 is 30.4. The minimum absolute atomic E-state index is 0.0651. The molecule has 0 fully saturated rings. The van der Waals surface area contributed by atoms with Gasteiger partial charge in [-0.2, -0.15) is 0 Å². The Bertz CT molecular complexity index is 1400. The van der Waals surface area contributed by atoms with Crippen LogP contribution in [0.4, 0.5) is 5.69 Å². The zero-order valence-corrected chi connectivity index (χ0v) is 26.4. The zero-order chi connectivity index (χ0) is 28.7. The summed E-state index contributed by atoms with van der Waals surface area (Å²) in [6.07, 6.45) is 0.741. The van der Waals surface area contributed by atoms with Gasteiger partial charge in [-0.3, -0.25) is 13.9 Å².